The Balaban J connectivity index is 1.44. The van der Waals surface area contributed by atoms with E-state index in [9.17, 15) is 14.7 Å². The predicted molar refractivity (Wildman–Crippen MR) is 121 cm³/mol. The molecule has 1 aromatic heterocycles. The number of carbonyl (C=O) groups excluding carboxylic acids is 2. The molecule has 1 aliphatic carbocycles. The van der Waals surface area contributed by atoms with Crippen LogP contribution in [0.25, 0.3) is 0 Å². The molecule has 1 aliphatic heterocycles. The van der Waals surface area contributed by atoms with Gasteiger partial charge in [0, 0.05) is 31.5 Å². The minimum Gasteiger partial charge on any atom is -0.508 e. The number of hydrogen-bond acceptors (Lipinski definition) is 5. The minimum absolute atomic E-state index is 0.0837. The summed E-state index contributed by atoms with van der Waals surface area (Å²) in [7, 11) is 0. The van der Waals surface area contributed by atoms with E-state index < -0.39 is 0 Å². The molecule has 1 aromatic carbocycles. The molecule has 0 bridgehead atoms. The summed E-state index contributed by atoms with van der Waals surface area (Å²) in [5, 5.41) is 12.7. The lowest BCUT2D eigenvalue weighted by Gasteiger charge is -2.46. The number of carbonyl (C=O) groups is 2. The fourth-order valence-electron chi connectivity index (χ4n) is 5.37. The third-order valence-corrected chi connectivity index (χ3v) is 7.06. The van der Waals surface area contributed by atoms with E-state index in [1.54, 1.807) is 12.1 Å². The number of rotatable bonds is 4. The van der Waals surface area contributed by atoms with Crippen molar-refractivity contribution >= 4 is 11.8 Å². The van der Waals surface area contributed by atoms with Crippen molar-refractivity contribution in [1.82, 2.24) is 20.2 Å². The maximum Gasteiger partial charge on any atom is 0.254 e. The average Bonchev–Trinajstić information content (AvgIpc) is 2.80. The Hall–Kier alpha value is -2.96. The Morgan fingerprint density at radius 2 is 1.75 bits per heavy atom. The summed E-state index contributed by atoms with van der Waals surface area (Å²) >= 11 is 0. The van der Waals surface area contributed by atoms with Crippen LogP contribution in [0.2, 0.25) is 0 Å². The molecular weight excluding hydrogens is 404 g/mol. The van der Waals surface area contributed by atoms with Crippen LogP contribution in [0.15, 0.2) is 43.0 Å². The summed E-state index contributed by atoms with van der Waals surface area (Å²) < 4.78 is 0. The highest BCUT2D eigenvalue weighted by Crippen LogP contribution is 2.43. The fraction of sp³-hybridized carbons (Fsp3) is 0.520. The number of benzene rings is 1. The highest BCUT2D eigenvalue weighted by Gasteiger charge is 2.42. The summed E-state index contributed by atoms with van der Waals surface area (Å²) in [5.74, 6) is 0.329. The second-order valence-corrected chi connectivity index (χ2v) is 9.78. The molecular formula is C25H32N4O3. The lowest BCUT2D eigenvalue weighted by atomic mass is 9.70. The second kappa shape index (κ2) is 9.27. The molecule has 3 unspecified atom stereocenters. The zero-order valence-corrected chi connectivity index (χ0v) is 18.8. The fourth-order valence-corrected chi connectivity index (χ4v) is 5.37. The van der Waals surface area contributed by atoms with E-state index in [4.69, 9.17) is 0 Å². The van der Waals surface area contributed by atoms with Crippen molar-refractivity contribution in [3.8, 4) is 5.75 Å². The Labute approximate surface area is 189 Å². The third kappa shape index (κ3) is 4.76. The van der Waals surface area contributed by atoms with Gasteiger partial charge in [0.05, 0.1) is 11.5 Å². The molecule has 0 radical (unpaired) electrons. The number of amides is 2. The van der Waals surface area contributed by atoms with Gasteiger partial charge in [-0.25, -0.2) is 9.97 Å². The molecule has 170 valence electrons. The molecule has 4 rings (SSSR count). The van der Waals surface area contributed by atoms with Gasteiger partial charge in [-0.3, -0.25) is 9.59 Å². The van der Waals surface area contributed by atoms with E-state index in [-0.39, 0.29) is 34.9 Å². The zero-order valence-electron chi connectivity index (χ0n) is 18.8. The summed E-state index contributed by atoms with van der Waals surface area (Å²) in [6.45, 7) is 5.80. The summed E-state index contributed by atoms with van der Waals surface area (Å²) in [4.78, 5) is 36.1. The van der Waals surface area contributed by atoms with Crippen LogP contribution in [0.5, 0.6) is 5.75 Å². The summed E-state index contributed by atoms with van der Waals surface area (Å²) in [6.07, 6.45) is 8.90. The van der Waals surface area contributed by atoms with E-state index >= 15 is 0 Å². The molecule has 7 heteroatoms. The van der Waals surface area contributed by atoms with Gasteiger partial charge in [0.25, 0.3) is 5.91 Å². The third-order valence-electron chi connectivity index (χ3n) is 7.06. The maximum atomic E-state index is 13.6. The van der Waals surface area contributed by atoms with E-state index in [2.05, 4.69) is 29.1 Å². The lowest BCUT2D eigenvalue weighted by molar-refractivity contribution is -0.141. The van der Waals surface area contributed by atoms with Crippen LogP contribution in [-0.4, -0.2) is 50.9 Å². The lowest BCUT2D eigenvalue weighted by Crippen LogP contribution is -2.54. The minimum atomic E-state index is -0.221. The number of hydrogen-bond donors (Lipinski definition) is 2. The van der Waals surface area contributed by atoms with Gasteiger partial charge in [0.15, 0.2) is 0 Å². The molecule has 1 saturated carbocycles. The van der Waals surface area contributed by atoms with Gasteiger partial charge in [-0.05, 0) is 48.3 Å². The van der Waals surface area contributed by atoms with Crippen molar-refractivity contribution < 1.29 is 14.7 Å². The van der Waals surface area contributed by atoms with Crippen LogP contribution >= 0.6 is 0 Å². The number of aromatic hydroxyl groups is 1. The average molecular weight is 437 g/mol. The smallest absolute Gasteiger partial charge is 0.254 e. The number of likely N-dealkylation sites (tertiary alicyclic amines) is 1. The van der Waals surface area contributed by atoms with Crippen molar-refractivity contribution in [1.29, 1.82) is 0 Å². The highest BCUT2D eigenvalue weighted by molar-refractivity contribution is 5.94. The monoisotopic (exact) mass is 436 g/mol. The van der Waals surface area contributed by atoms with Crippen LogP contribution in [0, 0.1) is 11.3 Å². The molecule has 32 heavy (non-hydrogen) atoms. The second-order valence-electron chi connectivity index (χ2n) is 9.78. The van der Waals surface area contributed by atoms with Crippen molar-refractivity contribution in [2.75, 3.05) is 13.1 Å². The van der Waals surface area contributed by atoms with Gasteiger partial charge in [-0.2, -0.15) is 0 Å². The summed E-state index contributed by atoms with van der Waals surface area (Å²) in [6, 6.07) is 7.27. The zero-order chi connectivity index (χ0) is 22.7. The predicted octanol–water partition coefficient (Wildman–Crippen LogP) is 3.51. The van der Waals surface area contributed by atoms with Gasteiger partial charge in [-0.15, -0.1) is 0 Å². The molecule has 7 nitrogen and oxygen atoms in total. The Morgan fingerprint density at radius 3 is 2.44 bits per heavy atom. The van der Waals surface area contributed by atoms with E-state index in [0.717, 1.165) is 32.1 Å². The van der Waals surface area contributed by atoms with Gasteiger partial charge in [-0.1, -0.05) is 38.8 Å². The van der Waals surface area contributed by atoms with Crippen LogP contribution in [-0.2, 0) is 4.79 Å². The Morgan fingerprint density at radius 1 is 1.06 bits per heavy atom. The molecule has 0 spiro atoms. The number of nitrogens with zero attached hydrogens (tertiary/aromatic N) is 3. The van der Waals surface area contributed by atoms with Crippen LogP contribution in [0.4, 0.5) is 0 Å². The van der Waals surface area contributed by atoms with Gasteiger partial charge in [0.1, 0.15) is 12.1 Å². The van der Waals surface area contributed by atoms with Crippen LogP contribution in [0.3, 0.4) is 0 Å². The van der Waals surface area contributed by atoms with Crippen LogP contribution in [0.1, 0.15) is 67.8 Å². The largest absolute Gasteiger partial charge is 0.508 e. The number of phenolic OH excluding ortho intramolecular Hbond substituents is 1. The van der Waals surface area contributed by atoms with Crippen LogP contribution < -0.4 is 5.32 Å². The maximum absolute atomic E-state index is 13.6. The number of piperidine rings is 1. The number of aromatic nitrogens is 2. The van der Waals surface area contributed by atoms with Crippen molar-refractivity contribution in [2.24, 2.45) is 11.3 Å². The van der Waals surface area contributed by atoms with E-state index in [1.807, 2.05) is 17.0 Å². The summed E-state index contributed by atoms with van der Waals surface area (Å²) in [5.41, 5.74) is 1.53. The first-order valence-corrected chi connectivity index (χ1v) is 11.5. The van der Waals surface area contributed by atoms with Crippen molar-refractivity contribution in [3.63, 3.8) is 0 Å². The quantitative estimate of drug-likeness (QED) is 0.765. The Kier molecular flexibility index (Phi) is 6.44. The SMILES string of the molecule is CC1(C)CN(C(=O)C2CCCCC2NC(=O)c2cncnc2)CCC1c1ccc(O)cc1. The highest BCUT2D eigenvalue weighted by atomic mass is 16.3. The van der Waals surface area contributed by atoms with Crippen molar-refractivity contribution in [3.05, 3.63) is 54.1 Å². The van der Waals surface area contributed by atoms with Gasteiger partial charge < -0.3 is 15.3 Å². The molecule has 2 N–H and O–H groups in total. The van der Waals surface area contributed by atoms with Gasteiger partial charge in [0.2, 0.25) is 5.91 Å². The van der Waals surface area contributed by atoms with Crippen molar-refractivity contribution in [2.45, 2.75) is 57.9 Å². The number of phenols is 1. The van der Waals surface area contributed by atoms with E-state index in [1.165, 1.54) is 24.3 Å². The standard InChI is InChI=1S/C25H32N4O3/c1-25(2)15-29(12-11-21(25)17-7-9-19(30)10-8-17)24(32)20-5-3-4-6-22(20)28-23(31)18-13-26-16-27-14-18/h7-10,13-14,16,20-22,30H,3-6,11-12,15H2,1-2H3,(H,28,31). The topological polar surface area (TPSA) is 95.4 Å². The number of nitrogens with one attached hydrogen (secondary N) is 1. The molecule has 2 amide bonds. The molecule has 1 saturated heterocycles. The first kappa shape index (κ1) is 22.2. The first-order valence-electron chi connectivity index (χ1n) is 11.5. The molecule has 3 atom stereocenters. The molecule has 2 heterocycles. The normalized spacial score (nSPS) is 25.2. The van der Waals surface area contributed by atoms with E-state index in [0.29, 0.717) is 24.6 Å². The molecule has 2 aromatic rings. The van der Waals surface area contributed by atoms with Gasteiger partial charge >= 0.3 is 0 Å². The first-order chi connectivity index (χ1) is 15.3. The molecule has 2 aliphatic rings. The molecule has 2 fully saturated rings. The Bertz CT molecular complexity index is 945.